The summed E-state index contributed by atoms with van der Waals surface area (Å²) in [5.74, 6) is -0.977. The van der Waals surface area contributed by atoms with Crippen LogP contribution in [0.25, 0.3) is 10.1 Å². The Balaban J connectivity index is 2.30. The van der Waals surface area contributed by atoms with Crippen LogP contribution < -0.4 is 5.32 Å². The molecular weight excluding hydrogens is 278 g/mol. The van der Waals surface area contributed by atoms with E-state index < -0.39 is 17.7 Å². The van der Waals surface area contributed by atoms with Crippen LogP contribution in [0.15, 0.2) is 24.3 Å². The Bertz CT molecular complexity index is 669. The fourth-order valence-electron chi connectivity index (χ4n) is 1.69. The van der Waals surface area contributed by atoms with Crippen molar-refractivity contribution in [3.8, 4) is 0 Å². The largest absolute Gasteiger partial charge is 0.477 e. The molecule has 1 aromatic heterocycles. The van der Waals surface area contributed by atoms with E-state index in [1.807, 2.05) is 6.07 Å². The van der Waals surface area contributed by atoms with Crippen LogP contribution in [0.2, 0.25) is 0 Å². The minimum atomic E-state index is -0.977. The van der Waals surface area contributed by atoms with E-state index in [0.717, 1.165) is 4.70 Å². The number of carbonyl (C=O) groups excluding carboxylic acids is 1. The van der Waals surface area contributed by atoms with Gasteiger partial charge < -0.3 is 9.84 Å². The summed E-state index contributed by atoms with van der Waals surface area (Å²) in [5.41, 5.74) is -0.0423. The van der Waals surface area contributed by atoms with Crippen LogP contribution in [-0.4, -0.2) is 22.8 Å². The van der Waals surface area contributed by atoms with Crippen molar-refractivity contribution in [2.75, 3.05) is 5.32 Å². The second-order valence-electron chi connectivity index (χ2n) is 5.26. The number of fused-ring (bicyclic) bond motifs is 1. The van der Waals surface area contributed by atoms with Gasteiger partial charge in [0.05, 0.1) is 5.69 Å². The van der Waals surface area contributed by atoms with E-state index in [1.165, 1.54) is 11.3 Å². The zero-order valence-corrected chi connectivity index (χ0v) is 12.2. The summed E-state index contributed by atoms with van der Waals surface area (Å²) in [6.07, 6.45) is -0.562. The lowest BCUT2D eigenvalue weighted by molar-refractivity contribution is 0.0634. The van der Waals surface area contributed by atoms with Crippen molar-refractivity contribution in [3.05, 3.63) is 29.1 Å². The fraction of sp³-hybridized carbons (Fsp3) is 0.286. The van der Waals surface area contributed by atoms with Gasteiger partial charge in [-0.15, -0.1) is 11.3 Å². The molecule has 0 saturated heterocycles. The van der Waals surface area contributed by atoms with Gasteiger partial charge in [0.1, 0.15) is 10.5 Å². The molecule has 0 radical (unpaired) electrons. The van der Waals surface area contributed by atoms with E-state index in [4.69, 9.17) is 9.84 Å². The molecule has 20 heavy (non-hydrogen) atoms. The number of carboxylic acids is 1. The summed E-state index contributed by atoms with van der Waals surface area (Å²) in [6.45, 7) is 5.33. The number of ether oxygens (including phenoxy) is 1. The summed E-state index contributed by atoms with van der Waals surface area (Å²) in [4.78, 5) is 23.0. The van der Waals surface area contributed by atoms with E-state index in [1.54, 1.807) is 39.0 Å². The first-order valence-electron chi connectivity index (χ1n) is 6.02. The number of anilines is 1. The molecule has 1 amide bonds. The van der Waals surface area contributed by atoms with Crippen molar-refractivity contribution in [2.24, 2.45) is 0 Å². The summed E-state index contributed by atoms with van der Waals surface area (Å²) >= 11 is 1.17. The SMILES string of the molecule is CC(C)(C)OC(=O)Nc1cccc2sc(C(=O)O)cc12. The Morgan fingerprint density at radius 2 is 2.00 bits per heavy atom. The fourth-order valence-corrected chi connectivity index (χ4v) is 2.62. The number of thiophene rings is 1. The molecule has 5 nitrogen and oxygen atoms in total. The molecule has 1 aromatic carbocycles. The van der Waals surface area contributed by atoms with Gasteiger partial charge in [-0.05, 0) is 39.0 Å². The quantitative estimate of drug-likeness (QED) is 0.879. The van der Waals surface area contributed by atoms with E-state index in [0.29, 0.717) is 11.1 Å². The third kappa shape index (κ3) is 3.27. The van der Waals surface area contributed by atoms with Crippen molar-refractivity contribution in [1.29, 1.82) is 0 Å². The van der Waals surface area contributed by atoms with Crippen LogP contribution in [0.1, 0.15) is 30.4 Å². The summed E-state index contributed by atoms with van der Waals surface area (Å²) < 4.78 is 5.98. The second-order valence-corrected chi connectivity index (χ2v) is 6.34. The monoisotopic (exact) mass is 293 g/mol. The van der Waals surface area contributed by atoms with E-state index in [-0.39, 0.29) is 4.88 Å². The maximum absolute atomic E-state index is 11.8. The smallest absolute Gasteiger partial charge is 0.412 e. The van der Waals surface area contributed by atoms with Crippen LogP contribution in [0.5, 0.6) is 0 Å². The molecule has 0 aliphatic rings. The topological polar surface area (TPSA) is 75.6 Å². The number of nitrogens with one attached hydrogen (secondary N) is 1. The number of hydrogen-bond acceptors (Lipinski definition) is 4. The maximum Gasteiger partial charge on any atom is 0.412 e. The summed E-state index contributed by atoms with van der Waals surface area (Å²) in [6, 6.07) is 6.84. The molecule has 0 aliphatic carbocycles. The van der Waals surface area contributed by atoms with Crippen LogP contribution in [0.3, 0.4) is 0 Å². The molecule has 0 bridgehead atoms. The number of aromatic carboxylic acids is 1. The van der Waals surface area contributed by atoms with Crippen LogP contribution in [0.4, 0.5) is 10.5 Å². The Kier molecular flexibility index (Phi) is 3.67. The molecule has 0 aliphatic heterocycles. The average molecular weight is 293 g/mol. The zero-order valence-electron chi connectivity index (χ0n) is 11.4. The lowest BCUT2D eigenvalue weighted by Crippen LogP contribution is -2.27. The molecule has 2 aromatic rings. The number of carbonyl (C=O) groups is 2. The lowest BCUT2D eigenvalue weighted by Gasteiger charge is -2.19. The first kappa shape index (κ1) is 14.3. The molecule has 0 unspecified atom stereocenters. The predicted octanol–water partition coefficient (Wildman–Crippen LogP) is 3.95. The molecule has 2 N–H and O–H groups in total. The van der Waals surface area contributed by atoms with Crippen molar-refractivity contribution < 1.29 is 19.4 Å². The van der Waals surface area contributed by atoms with Gasteiger partial charge in [0.25, 0.3) is 0 Å². The normalized spacial score (nSPS) is 11.3. The highest BCUT2D eigenvalue weighted by Gasteiger charge is 2.18. The minimum Gasteiger partial charge on any atom is -0.477 e. The van der Waals surface area contributed by atoms with Gasteiger partial charge in [-0.3, -0.25) is 5.32 Å². The van der Waals surface area contributed by atoms with E-state index in [2.05, 4.69) is 5.32 Å². The number of carboxylic acid groups (broad SMARTS) is 1. The standard InChI is InChI=1S/C14H15NO4S/c1-14(2,3)19-13(18)15-9-5-4-6-10-8(9)7-11(20-10)12(16)17/h4-7H,1-3H3,(H,15,18)(H,16,17). The molecule has 1 heterocycles. The zero-order chi connectivity index (χ0) is 14.9. The Labute approximate surface area is 120 Å². The third-order valence-corrected chi connectivity index (χ3v) is 3.50. The Morgan fingerprint density at radius 1 is 1.30 bits per heavy atom. The van der Waals surface area contributed by atoms with Gasteiger partial charge in [-0.2, -0.15) is 0 Å². The number of hydrogen-bond donors (Lipinski definition) is 2. The third-order valence-electron chi connectivity index (χ3n) is 2.41. The van der Waals surface area contributed by atoms with Gasteiger partial charge in [-0.25, -0.2) is 9.59 Å². The highest BCUT2D eigenvalue weighted by atomic mass is 32.1. The maximum atomic E-state index is 11.8. The van der Waals surface area contributed by atoms with Crippen molar-refractivity contribution in [3.63, 3.8) is 0 Å². The minimum absolute atomic E-state index is 0.235. The van der Waals surface area contributed by atoms with Crippen LogP contribution >= 0.6 is 11.3 Å². The van der Waals surface area contributed by atoms with E-state index in [9.17, 15) is 9.59 Å². The van der Waals surface area contributed by atoms with Gasteiger partial charge in [0.15, 0.2) is 0 Å². The van der Waals surface area contributed by atoms with Gasteiger partial charge >= 0.3 is 12.1 Å². The molecule has 106 valence electrons. The van der Waals surface area contributed by atoms with E-state index >= 15 is 0 Å². The summed E-state index contributed by atoms with van der Waals surface area (Å²) in [5, 5.41) is 12.4. The van der Waals surface area contributed by atoms with Crippen molar-refractivity contribution in [1.82, 2.24) is 0 Å². The highest BCUT2D eigenvalue weighted by molar-refractivity contribution is 7.20. The molecule has 0 spiro atoms. The van der Waals surface area contributed by atoms with Gasteiger partial charge in [0.2, 0.25) is 0 Å². The lowest BCUT2D eigenvalue weighted by atomic mass is 10.2. The van der Waals surface area contributed by atoms with Gasteiger partial charge in [0, 0.05) is 10.1 Å². The second kappa shape index (κ2) is 5.13. The van der Waals surface area contributed by atoms with Crippen molar-refractivity contribution >= 4 is 39.2 Å². The van der Waals surface area contributed by atoms with Gasteiger partial charge in [-0.1, -0.05) is 6.07 Å². The molecule has 6 heteroatoms. The molecule has 2 rings (SSSR count). The predicted molar refractivity (Wildman–Crippen MR) is 78.6 cm³/mol. The molecule has 0 atom stereocenters. The number of benzene rings is 1. The first-order chi connectivity index (χ1) is 9.26. The summed E-state index contributed by atoms with van der Waals surface area (Å²) in [7, 11) is 0. The molecular formula is C14H15NO4S. The highest BCUT2D eigenvalue weighted by Crippen LogP contribution is 2.31. The van der Waals surface area contributed by atoms with Crippen molar-refractivity contribution in [2.45, 2.75) is 26.4 Å². The molecule has 0 saturated carbocycles. The molecule has 0 fully saturated rings. The first-order valence-corrected chi connectivity index (χ1v) is 6.84. The number of rotatable bonds is 2. The Morgan fingerprint density at radius 3 is 2.60 bits per heavy atom. The Hall–Kier alpha value is -2.08. The average Bonchev–Trinajstić information content (AvgIpc) is 2.71. The van der Waals surface area contributed by atoms with Crippen LogP contribution in [0, 0.1) is 0 Å². The van der Waals surface area contributed by atoms with Crippen LogP contribution in [-0.2, 0) is 4.74 Å². The number of amides is 1.